The number of hydrogen-bond donors (Lipinski definition) is 1. The summed E-state index contributed by atoms with van der Waals surface area (Å²) in [6.45, 7) is 3.01. The number of amides is 1. The summed E-state index contributed by atoms with van der Waals surface area (Å²) >= 11 is 5.66. The molecule has 1 aromatic heterocycles. The molecule has 0 spiro atoms. The zero-order valence-corrected chi connectivity index (χ0v) is 16.4. The Morgan fingerprint density at radius 3 is 2.41 bits per heavy atom. The summed E-state index contributed by atoms with van der Waals surface area (Å²) in [5.41, 5.74) is 2.64. The largest absolute Gasteiger partial charge is 0.452 e. The minimum Gasteiger partial charge on any atom is -0.452 e. The van der Waals surface area contributed by atoms with E-state index in [1.54, 1.807) is 36.6 Å². The van der Waals surface area contributed by atoms with Crippen LogP contribution in [0.15, 0.2) is 48.5 Å². The molecule has 3 aromatic rings. The van der Waals surface area contributed by atoms with Crippen molar-refractivity contribution in [3.05, 3.63) is 82.1 Å². The van der Waals surface area contributed by atoms with Crippen molar-refractivity contribution in [3.63, 3.8) is 0 Å². The van der Waals surface area contributed by atoms with E-state index in [1.807, 2.05) is 0 Å². The van der Waals surface area contributed by atoms with E-state index in [-0.39, 0.29) is 16.5 Å². The molecule has 0 aliphatic rings. The van der Waals surface area contributed by atoms with Crippen LogP contribution in [0.4, 0.5) is 14.5 Å². The van der Waals surface area contributed by atoms with E-state index in [1.165, 1.54) is 24.3 Å². The fourth-order valence-electron chi connectivity index (χ4n) is 2.94. The molecular weight excluding hydrogens is 402 g/mol. The van der Waals surface area contributed by atoms with Gasteiger partial charge in [-0.2, -0.15) is 0 Å². The van der Waals surface area contributed by atoms with Gasteiger partial charge in [0.2, 0.25) is 0 Å². The number of carbonyl (C=O) groups is 2. The molecule has 0 radical (unpaired) electrons. The first-order valence-corrected chi connectivity index (χ1v) is 9.01. The highest BCUT2D eigenvalue weighted by molar-refractivity contribution is 6.31. The summed E-state index contributed by atoms with van der Waals surface area (Å²) in [4.78, 5) is 24.4. The molecular formula is C21H17ClF2N2O3. The molecule has 2 aromatic carbocycles. The molecule has 1 amide bonds. The molecule has 0 saturated carbocycles. The van der Waals surface area contributed by atoms with Crippen LogP contribution in [0, 0.1) is 25.5 Å². The van der Waals surface area contributed by atoms with Gasteiger partial charge in [-0.15, -0.1) is 0 Å². The van der Waals surface area contributed by atoms with Crippen LogP contribution in [0.5, 0.6) is 0 Å². The predicted molar refractivity (Wildman–Crippen MR) is 106 cm³/mol. The molecule has 0 aliphatic heterocycles. The molecule has 8 heteroatoms. The van der Waals surface area contributed by atoms with Crippen LogP contribution in [0.25, 0.3) is 5.69 Å². The number of nitrogens with one attached hydrogen (secondary N) is 1. The molecule has 1 N–H and O–H groups in total. The Labute approximate surface area is 170 Å². The summed E-state index contributed by atoms with van der Waals surface area (Å²) in [5.74, 6) is -2.22. The topological polar surface area (TPSA) is 60.3 Å². The number of anilines is 1. The van der Waals surface area contributed by atoms with Gasteiger partial charge in [0, 0.05) is 22.8 Å². The number of carbonyl (C=O) groups excluding carboxylic acids is 2. The lowest BCUT2D eigenvalue weighted by Gasteiger charge is -2.10. The molecule has 0 bridgehead atoms. The first-order chi connectivity index (χ1) is 13.8. The van der Waals surface area contributed by atoms with Crippen LogP contribution in [0.2, 0.25) is 5.02 Å². The number of rotatable bonds is 5. The number of benzene rings is 2. The highest BCUT2D eigenvalue weighted by Gasteiger charge is 2.19. The lowest BCUT2D eigenvalue weighted by atomic mass is 10.2. The fraction of sp³-hybridized carbons (Fsp3) is 0.143. The average Bonchev–Trinajstić information content (AvgIpc) is 2.98. The second kappa shape index (κ2) is 8.45. The molecule has 0 aliphatic carbocycles. The van der Waals surface area contributed by atoms with Crippen LogP contribution < -0.4 is 5.32 Å². The standard InChI is InChI=1S/C21H17ClF2N2O3/c1-12-9-17(13(2)26(12)16-6-3-14(23)4-7-16)21(28)29-11-20(27)25-15-5-8-19(24)18(22)10-15/h3-10H,11H2,1-2H3,(H,25,27). The summed E-state index contributed by atoms with van der Waals surface area (Å²) in [6.07, 6.45) is 0. The minimum absolute atomic E-state index is 0.131. The maximum atomic E-state index is 13.2. The van der Waals surface area contributed by atoms with Crippen molar-refractivity contribution < 1.29 is 23.1 Å². The van der Waals surface area contributed by atoms with Gasteiger partial charge in [-0.1, -0.05) is 11.6 Å². The van der Waals surface area contributed by atoms with Crippen molar-refractivity contribution in [1.82, 2.24) is 4.57 Å². The Kier molecular flexibility index (Phi) is 5.98. The molecule has 0 saturated heterocycles. The Morgan fingerprint density at radius 1 is 1.07 bits per heavy atom. The zero-order valence-electron chi connectivity index (χ0n) is 15.6. The molecule has 5 nitrogen and oxygen atoms in total. The quantitative estimate of drug-likeness (QED) is 0.604. The van der Waals surface area contributed by atoms with Gasteiger partial charge in [0.25, 0.3) is 5.91 Å². The van der Waals surface area contributed by atoms with Gasteiger partial charge in [0.15, 0.2) is 6.61 Å². The smallest absolute Gasteiger partial charge is 0.340 e. The van der Waals surface area contributed by atoms with Crippen LogP contribution >= 0.6 is 11.6 Å². The van der Waals surface area contributed by atoms with Gasteiger partial charge in [-0.25, -0.2) is 13.6 Å². The van der Waals surface area contributed by atoms with Crippen molar-refractivity contribution in [1.29, 1.82) is 0 Å². The molecule has 0 fully saturated rings. The van der Waals surface area contributed by atoms with E-state index in [0.717, 1.165) is 11.8 Å². The number of esters is 1. The van der Waals surface area contributed by atoms with E-state index in [2.05, 4.69) is 5.32 Å². The van der Waals surface area contributed by atoms with Crippen LogP contribution in [-0.2, 0) is 9.53 Å². The van der Waals surface area contributed by atoms with Crippen LogP contribution in [0.1, 0.15) is 21.7 Å². The Bertz CT molecular complexity index is 1080. The molecule has 3 rings (SSSR count). The molecule has 1 heterocycles. The summed E-state index contributed by atoms with van der Waals surface area (Å²) in [7, 11) is 0. The fourth-order valence-corrected chi connectivity index (χ4v) is 3.12. The van der Waals surface area contributed by atoms with E-state index in [0.29, 0.717) is 16.9 Å². The highest BCUT2D eigenvalue weighted by Crippen LogP contribution is 2.22. The van der Waals surface area contributed by atoms with Crippen molar-refractivity contribution in [2.24, 2.45) is 0 Å². The second-order valence-corrected chi connectivity index (χ2v) is 6.76. The molecule has 0 unspecified atom stereocenters. The Balaban J connectivity index is 1.68. The first-order valence-electron chi connectivity index (χ1n) is 8.63. The number of ether oxygens (including phenoxy) is 1. The third-order valence-electron chi connectivity index (χ3n) is 4.27. The summed E-state index contributed by atoms with van der Waals surface area (Å²) in [5, 5.41) is 2.34. The second-order valence-electron chi connectivity index (χ2n) is 6.35. The third-order valence-corrected chi connectivity index (χ3v) is 4.56. The Hall–Kier alpha value is -3.19. The van der Waals surface area contributed by atoms with Gasteiger partial charge in [-0.3, -0.25) is 4.79 Å². The Morgan fingerprint density at radius 2 is 1.76 bits per heavy atom. The third kappa shape index (κ3) is 4.63. The van der Waals surface area contributed by atoms with Crippen molar-refractivity contribution in [2.75, 3.05) is 11.9 Å². The number of nitrogens with zero attached hydrogens (tertiary/aromatic N) is 1. The first kappa shape index (κ1) is 20.5. The predicted octanol–water partition coefficient (Wildman–Crippen LogP) is 4.82. The molecule has 150 valence electrons. The van der Waals surface area contributed by atoms with E-state index >= 15 is 0 Å². The molecule has 0 atom stereocenters. The maximum Gasteiger partial charge on any atom is 0.340 e. The molecule has 29 heavy (non-hydrogen) atoms. The lowest BCUT2D eigenvalue weighted by Crippen LogP contribution is -2.21. The van der Waals surface area contributed by atoms with Gasteiger partial charge in [0.05, 0.1) is 10.6 Å². The van der Waals surface area contributed by atoms with E-state index in [9.17, 15) is 18.4 Å². The SMILES string of the molecule is Cc1cc(C(=O)OCC(=O)Nc2ccc(F)c(Cl)c2)c(C)n1-c1ccc(F)cc1. The summed E-state index contributed by atoms with van der Waals surface area (Å²) < 4.78 is 33.2. The van der Waals surface area contributed by atoms with Crippen molar-refractivity contribution in [3.8, 4) is 5.69 Å². The van der Waals surface area contributed by atoms with E-state index in [4.69, 9.17) is 16.3 Å². The van der Waals surface area contributed by atoms with Crippen molar-refractivity contribution in [2.45, 2.75) is 13.8 Å². The average molecular weight is 419 g/mol. The minimum atomic E-state index is -0.668. The highest BCUT2D eigenvalue weighted by atomic mass is 35.5. The maximum absolute atomic E-state index is 13.2. The van der Waals surface area contributed by atoms with Crippen molar-refractivity contribution >= 4 is 29.2 Å². The van der Waals surface area contributed by atoms with Gasteiger partial charge >= 0.3 is 5.97 Å². The zero-order chi connectivity index (χ0) is 21.1. The number of hydrogen-bond acceptors (Lipinski definition) is 3. The van der Waals surface area contributed by atoms with Crippen LogP contribution in [-0.4, -0.2) is 23.1 Å². The van der Waals surface area contributed by atoms with Gasteiger partial charge in [0.1, 0.15) is 11.6 Å². The summed E-state index contributed by atoms with van der Waals surface area (Å²) in [6, 6.07) is 11.2. The normalized spacial score (nSPS) is 10.7. The lowest BCUT2D eigenvalue weighted by molar-refractivity contribution is -0.119. The van der Waals surface area contributed by atoms with Crippen LogP contribution in [0.3, 0.4) is 0 Å². The number of aromatic nitrogens is 1. The van der Waals surface area contributed by atoms with Gasteiger partial charge < -0.3 is 14.6 Å². The van der Waals surface area contributed by atoms with E-state index < -0.39 is 24.3 Å². The number of halogens is 3. The number of aryl methyl sites for hydroxylation is 1. The van der Waals surface area contributed by atoms with Gasteiger partial charge in [-0.05, 0) is 62.4 Å². The monoisotopic (exact) mass is 418 g/mol.